The lowest BCUT2D eigenvalue weighted by Gasteiger charge is -2.20. The first-order valence-electron chi connectivity index (χ1n) is 8.84. The standard InChI is InChI=1S/C20H18Cl4F2N2O3/c1-11(2)30-17(16-14(21)5-4-6-15(16)22)27-19(29)28(3)12-7-9-13(10-8-12)31-20(25,26)18(23)24/h4-11,18H,1-3H3/b27-17-. The summed E-state index contributed by atoms with van der Waals surface area (Å²) in [5.74, 6) is -0.228. The molecule has 0 radical (unpaired) electrons. The second-order valence-electron chi connectivity index (χ2n) is 6.48. The molecule has 0 saturated heterocycles. The highest BCUT2D eigenvalue weighted by atomic mass is 35.5. The quantitative estimate of drug-likeness (QED) is 0.233. The van der Waals surface area contributed by atoms with Gasteiger partial charge in [0.1, 0.15) is 5.75 Å². The lowest BCUT2D eigenvalue weighted by atomic mass is 10.2. The fraction of sp³-hybridized carbons (Fsp3) is 0.300. The van der Waals surface area contributed by atoms with Gasteiger partial charge >= 0.3 is 12.1 Å². The summed E-state index contributed by atoms with van der Waals surface area (Å²) >= 11 is 22.8. The summed E-state index contributed by atoms with van der Waals surface area (Å²) < 4.78 is 37.1. The summed E-state index contributed by atoms with van der Waals surface area (Å²) in [6, 6.07) is 9.40. The molecule has 5 nitrogen and oxygen atoms in total. The Kier molecular flexibility index (Phi) is 8.77. The number of ether oxygens (including phenoxy) is 2. The maximum atomic E-state index is 13.5. The number of alkyl halides is 4. The van der Waals surface area contributed by atoms with Crippen LogP contribution in [-0.4, -0.2) is 36.0 Å². The summed E-state index contributed by atoms with van der Waals surface area (Å²) in [4.78, 5) is 15.9. The number of carbonyl (C=O) groups excluding carboxylic acids is 1. The van der Waals surface area contributed by atoms with Crippen LogP contribution in [0, 0.1) is 0 Å². The summed E-state index contributed by atoms with van der Waals surface area (Å²) in [5.41, 5.74) is 0.635. The fourth-order valence-electron chi connectivity index (χ4n) is 2.28. The Bertz CT molecular complexity index is 934. The van der Waals surface area contributed by atoms with Crippen LogP contribution in [0.5, 0.6) is 5.75 Å². The molecule has 0 bridgehead atoms. The van der Waals surface area contributed by atoms with Crippen molar-refractivity contribution in [2.24, 2.45) is 4.99 Å². The highest BCUT2D eigenvalue weighted by molar-refractivity contribution is 6.44. The van der Waals surface area contributed by atoms with Gasteiger partial charge in [0.15, 0.2) is 0 Å². The number of hydrogen-bond acceptors (Lipinski definition) is 3. The van der Waals surface area contributed by atoms with Gasteiger partial charge in [0.25, 0.3) is 0 Å². The van der Waals surface area contributed by atoms with Crippen LogP contribution in [0.1, 0.15) is 19.4 Å². The number of carbonyl (C=O) groups is 1. The van der Waals surface area contributed by atoms with E-state index in [1.165, 1.54) is 36.2 Å². The Morgan fingerprint density at radius 2 is 1.61 bits per heavy atom. The predicted molar refractivity (Wildman–Crippen MR) is 121 cm³/mol. The first-order valence-corrected chi connectivity index (χ1v) is 10.5. The van der Waals surface area contributed by atoms with Gasteiger partial charge in [-0.15, -0.1) is 0 Å². The highest BCUT2D eigenvalue weighted by Crippen LogP contribution is 2.31. The smallest absolute Gasteiger partial charge is 0.428 e. The minimum Gasteiger partial charge on any atom is -0.474 e. The molecule has 2 aromatic rings. The molecule has 2 amide bonds. The average molecular weight is 514 g/mol. The summed E-state index contributed by atoms with van der Waals surface area (Å²) in [6.45, 7) is 3.52. The van der Waals surface area contributed by atoms with Crippen LogP contribution >= 0.6 is 46.4 Å². The van der Waals surface area contributed by atoms with Crippen molar-refractivity contribution < 1.29 is 23.0 Å². The van der Waals surface area contributed by atoms with E-state index in [4.69, 9.17) is 51.1 Å². The number of benzene rings is 2. The Labute approximate surface area is 198 Å². The molecular formula is C20H18Cl4F2N2O3. The van der Waals surface area contributed by atoms with Crippen LogP contribution in [0.2, 0.25) is 10.0 Å². The fourth-order valence-corrected chi connectivity index (χ4v) is 2.93. The molecule has 0 N–H and O–H groups in total. The molecule has 0 unspecified atom stereocenters. The number of anilines is 1. The maximum Gasteiger partial charge on any atom is 0.428 e. The molecule has 0 atom stereocenters. The minimum absolute atomic E-state index is 0.0442. The topological polar surface area (TPSA) is 51.1 Å². The molecule has 0 saturated carbocycles. The molecule has 0 aliphatic carbocycles. The van der Waals surface area contributed by atoms with Crippen molar-refractivity contribution in [1.29, 1.82) is 0 Å². The van der Waals surface area contributed by atoms with E-state index in [0.717, 1.165) is 0 Å². The summed E-state index contributed by atoms with van der Waals surface area (Å²) in [6.07, 6.45) is -4.08. The van der Waals surface area contributed by atoms with Crippen molar-refractivity contribution in [3.8, 4) is 5.75 Å². The van der Waals surface area contributed by atoms with Gasteiger partial charge in [0, 0.05) is 12.7 Å². The van der Waals surface area contributed by atoms with E-state index in [9.17, 15) is 13.6 Å². The normalized spacial score (nSPS) is 12.3. The first kappa shape index (κ1) is 25.5. The van der Waals surface area contributed by atoms with E-state index in [1.54, 1.807) is 32.0 Å². The number of halogens is 6. The molecule has 0 heterocycles. The summed E-state index contributed by atoms with van der Waals surface area (Å²) in [5, 5.41) is 0.531. The van der Waals surface area contributed by atoms with E-state index < -0.39 is 17.0 Å². The van der Waals surface area contributed by atoms with Crippen LogP contribution in [0.25, 0.3) is 0 Å². The minimum atomic E-state index is -3.77. The number of nitrogens with zero attached hydrogens (tertiary/aromatic N) is 2. The molecule has 31 heavy (non-hydrogen) atoms. The Hall–Kier alpha value is -1.80. The van der Waals surface area contributed by atoms with E-state index >= 15 is 0 Å². The zero-order valence-corrected chi connectivity index (χ0v) is 19.6. The second kappa shape index (κ2) is 10.7. The molecule has 2 aromatic carbocycles. The number of aliphatic imine (C=N–C) groups is 1. The van der Waals surface area contributed by atoms with Crippen LogP contribution in [-0.2, 0) is 4.74 Å². The monoisotopic (exact) mass is 512 g/mol. The Balaban J connectivity index is 2.28. The van der Waals surface area contributed by atoms with E-state index in [2.05, 4.69) is 9.73 Å². The van der Waals surface area contributed by atoms with Crippen LogP contribution < -0.4 is 9.64 Å². The van der Waals surface area contributed by atoms with Gasteiger partial charge in [-0.05, 0) is 50.2 Å². The van der Waals surface area contributed by atoms with Crippen molar-refractivity contribution in [2.75, 3.05) is 11.9 Å². The maximum absolute atomic E-state index is 13.5. The number of amides is 2. The van der Waals surface area contributed by atoms with Crippen LogP contribution in [0.3, 0.4) is 0 Å². The van der Waals surface area contributed by atoms with Crippen LogP contribution in [0.4, 0.5) is 19.3 Å². The zero-order chi connectivity index (χ0) is 23.3. The van der Waals surface area contributed by atoms with Crippen LogP contribution in [0.15, 0.2) is 47.5 Å². The molecular weight excluding hydrogens is 496 g/mol. The van der Waals surface area contributed by atoms with Gasteiger partial charge in [-0.25, -0.2) is 4.79 Å². The third-order valence-corrected chi connectivity index (χ3v) is 4.88. The first-order chi connectivity index (χ1) is 14.4. The summed E-state index contributed by atoms with van der Waals surface area (Å²) in [7, 11) is 1.45. The second-order valence-corrected chi connectivity index (χ2v) is 8.39. The Morgan fingerprint density at radius 3 is 2.10 bits per heavy atom. The molecule has 0 spiro atoms. The van der Waals surface area contributed by atoms with Crippen molar-refractivity contribution in [1.82, 2.24) is 0 Å². The van der Waals surface area contributed by atoms with Crippen molar-refractivity contribution >= 4 is 64.0 Å². The van der Waals surface area contributed by atoms with E-state index in [0.29, 0.717) is 5.69 Å². The molecule has 168 valence electrons. The lowest BCUT2D eigenvalue weighted by Crippen LogP contribution is -2.32. The van der Waals surface area contributed by atoms with Gasteiger partial charge in [-0.1, -0.05) is 52.5 Å². The SMILES string of the molecule is CC(C)O/C(=N\C(=O)N(C)c1ccc(OC(F)(F)C(Cl)Cl)cc1)c1c(Cl)cccc1Cl. The molecule has 0 aliphatic heterocycles. The number of urea groups is 1. The third-order valence-electron chi connectivity index (χ3n) is 3.74. The van der Waals surface area contributed by atoms with Crippen molar-refractivity contribution in [2.45, 2.75) is 30.9 Å². The molecule has 0 aromatic heterocycles. The van der Waals surface area contributed by atoms with E-state index in [-0.39, 0.29) is 33.4 Å². The largest absolute Gasteiger partial charge is 0.474 e. The predicted octanol–water partition coefficient (Wildman–Crippen LogP) is 7.20. The van der Waals surface area contributed by atoms with Gasteiger partial charge < -0.3 is 9.47 Å². The van der Waals surface area contributed by atoms with Gasteiger partial charge in [-0.3, -0.25) is 4.90 Å². The van der Waals surface area contributed by atoms with E-state index in [1.807, 2.05) is 0 Å². The number of hydrogen-bond donors (Lipinski definition) is 0. The van der Waals surface area contributed by atoms with Crippen molar-refractivity contribution in [3.05, 3.63) is 58.1 Å². The third kappa shape index (κ3) is 6.84. The molecule has 11 heteroatoms. The van der Waals surface area contributed by atoms with Gasteiger partial charge in [0.05, 0.1) is 21.7 Å². The highest BCUT2D eigenvalue weighted by Gasteiger charge is 2.40. The average Bonchev–Trinajstić information content (AvgIpc) is 2.67. The molecule has 0 aliphatic rings. The Morgan fingerprint density at radius 1 is 1.06 bits per heavy atom. The van der Waals surface area contributed by atoms with Gasteiger partial charge in [0.2, 0.25) is 10.7 Å². The lowest BCUT2D eigenvalue weighted by molar-refractivity contribution is -0.163. The van der Waals surface area contributed by atoms with Gasteiger partial charge in [-0.2, -0.15) is 13.8 Å². The zero-order valence-electron chi connectivity index (χ0n) is 16.6. The van der Waals surface area contributed by atoms with Crippen molar-refractivity contribution in [3.63, 3.8) is 0 Å². The molecule has 2 rings (SSSR count). The number of rotatable bonds is 6. The molecule has 0 fully saturated rings.